The van der Waals surface area contributed by atoms with E-state index in [1.165, 1.54) is 0 Å². The molecule has 0 aliphatic carbocycles. The molecule has 5 nitrogen and oxygen atoms in total. The minimum atomic E-state index is -0.0345. The molecule has 1 fully saturated rings. The third-order valence-corrected chi connectivity index (χ3v) is 7.68. The zero-order valence-corrected chi connectivity index (χ0v) is 22.6. The van der Waals surface area contributed by atoms with Gasteiger partial charge in [0.15, 0.2) is 0 Å². The first-order chi connectivity index (χ1) is 17.4. The van der Waals surface area contributed by atoms with E-state index >= 15 is 0 Å². The Bertz CT molecular complexity index is 1210. The highest BCUT2D eigenvalue weighted by atomic mass is 35.5. The van der Waals surface area contributed by atoms with Crippen LogP contribution in [0.25, 0.3) is 17.0 Å². The Morgan fingerprint density at radius 3 is 2.44 bits per heavy atom. The van der Waals surface area contributed by atoms with E-state index in [1.54, 1.807) is 0 Å². The Kier molecular flexibility index (Phi) is 8.78. The zero-order valence-electron chi connectivity index (χ0n) is 21.1. The molecule has 2 heterocycles. The molecule has 0 spiro atoms. The molecule has 1 aliphatic rings. The molecule has 190 valence electrons. The van der Waals surface area contributed by atoms with E-state index in [9.17, 15) is 4.79 Å². The Balaban J connectivity index is 1.30. The quantitative estimate of drug-likeness (QED) is 0.321. The molecule has 7 heteroatoms. The number of halogens is 2. The highest BCUT2D eigenvalue weighted by molar-refractivity contribution is 6.43. The standard InChI is InChI=1S/C29H34Cl2N4O/c1-4-21(2)35-22(3)24(20-27(35)23-10-6-5-7-11-23)29(36)32-14-9-15-33-16-18-34(19-17-33)26-13-8-12-25(30)28(26)31/h5-8,10-13,20H,2,4,9,14-19H2,1,3H3,(H,32,36). The maximum Gasteiger partial charge on any atom is 0.253 e. The van der Waals surface area contributed by atoms with Crippen molar-refractivity contribution in [3.8, 4) is 11.3 Å². The number of aromatic nitrogens is 1. The Morgan fingerprint density at radius 1 is 1.03 bits per heavy atom. The van der Waals surface area contributed by atoms with Crippen LogP contribution in [-0.2, 0) is 0 Å². The Morgan fingerprint density at radius 2 is 1.75 bits per heavy atom. The van der Waals surface area contributed by atoms with Crippen molar-refractivity contribution in [2.75, 3.05) is 44.2 Å². The van der Waals surface area contributed by atoms with Crippen molar-refractivity contribution in [1.29, 1.82) is 0 Å². The number of nitrogens with one attached hydrogen (secondary N) is 1. The number of hydrogen-bond donors (Lipinski definition) is 1. The van der Waals surface area contributed by atoms with Gasteiger partial charge in [0.25, 0.3) is 5.91 Å². The van der Waals surface area contributed by atoms with E-state index in [4.69, 9.17) is 23.2 Å². The van der Waals surface area contributed by atoms with E-state index in [0.717, 1.165) is 73.9 Å². The van der Waals surface area contributed by atoms with Gasteiger partial charge >= 0.3 is 0 Å². The highest BCUT2D eigenvalue weighted by Crippen LogP contribution is 2.33. The van der Waals surface area contributed by atoms with E-state index < -0.39 is 0 Å². The molecule has 1 amide bonds. The van der Waals surface area contributed by atoms with Crippen LogP contribution in [0.2, 0.25) is 10.0 Å². The van der Waals surface area contributed by atoms with Crippen LogP contribution in [0.15, 0.2) is 61.2 Å². The fraction of sp³-hybridized carbons (Fsp3) is 0.345. The average molecular weight is 526 g/mol. The zero-order chi connectivity index (χ0) is 25.7. The van der Waals surface area contributed by atoms with Gasteiger partial charge < -0.3 is 14.8 Å². The fourth-order valence-electron chi connectivity index (χ4n) is 4.77. The molecule has 1 saturated heterocycles. The molecule has 1 N–H and O–H groups in total. The van der Waals surface area contributed by atoms with Crippen molar-refractivity contribution in [2.45, 2.75) is 26.7 Å². The molecule has 0 radical (unpaired) electrons. The van der Waals surface area contributed by atoms with Gasteiger partial charge in [-0.15, -0.1) is 0 Å². The molecule has 0 atom stereocenters. The molecule has 0 unspecified atom stereocenters. The second-order valence-corrected chi connectivity index (χ2v) is 9.95. The van der Waals surface area contributed by atoms with Gasteiger partial charge in [-0.2, -0.15) is 0 Å². The predicted molar refractivity (Wildman–Crippen MR) is 152 cm³/mol. The number of carbonyl (C=O) groups excluding carboxylic acids is 1. The molecule has 0 saturated carbocycles. The molecule has 3 aromatic rings. The van der Waals surface area contributed by atoms with Gasteiger partial charge in [-0.25, -0.2) is 0 Å². The lowest BCUT2D eigenvalue weighted by Gasteiger charge is -2.36. The number of hydrogen-bond acceptors (Lipinski definition) is 3. The molecule has 1 aliphatic heterocycles. The number of anilines is 1. The smallest absolute Gasteiger partial charge is 0.253 e. The van der Waals surface area contributed by atoms with E-state index in [1.807, 2.05) is 49.4 Å². The maximum absolute atomic E-state index is 13.1. The van der Waals surface area contributed by atoms with E-state index in [-0.39, 0.29) is 5.91 Å². The first kappa shape index (κ1) is 26.3. The van der Waals surface area contributed by atoms with E-state index in [2.05, 4.69) is 45.3 Å². The number of allylic oxidation sites excluding steroid dienone is 1. The van der Waals surface area contributed by atoms with Gasteiger partial charge in [0.05, 0.1) is 27.0 Å². The fourth-order valence-corrected chi connectivity index (χ4v) is 5.19. The average Bonchev–Trinajstić information content (AvgIpc) is 3.25. The summed E-state index contributed by atoms with van der Waals surface area (Å²) in [4.78, 5) is 17.8. The summed E-state index contributed by atoms with van der Waals surface area (Å²) in [5.41, 5.74) is 5.68. The minimum absolute atomic E-state index is 0.0345. The Hall–Kier alpha value is -2.73. The van der Waals surface area contributed by atoms with Crippen molar-refractivity contribution in [1.82, 2.24) is 14.8 Å². The summed E-state index contributed by atoms with van der Waals surface area (Å²) >= 11 is 12.6. The molecular formula is C29H34Cl2N4O. The summed E-state index contributed by atoms with van der Waals surface area (Å²) in [5.74, 6) is -0.0345. The SMILES string of the molecule is C=C(CC)n1c(-c2ccccc2)cc(C(=O)NCCCN2CCN(c3cccc(Cl)c3Cl)CC2)c1C. The van der Waals surface area contributed by atoms with Crippen molar-refractivity contribution >= 4 is 40.5 Å². The van der Waals surface area contributed by atoms with Crippen LogP contribution < -0.4 is 10.2 Å². The number of carbonyl (C=O) groups is 1. The molecule has 1 aromatic heterocycles. The van der Waals surface area contributed by atoms with Gasteiger partial charge in [0.1, 0.15) is 0 Å². The topological polar surface area (TPSA) is 40.5 Å². The lowest BCUT2D eigenvalue weighted by atomic mass is 10.1. The van der Waals surface area contributed by atoms with Crippen LogP contribution in [0.3, 0.4) is 0 Å². The summed E-state index contributed by atoms with van der Waals surface area (Å²) in [6, 6.07) is 17.9. The Labute approximate surface area is 224 Å². The lowest BCUT2D eigenvalue weighted by molar-refractivity contribution is 0.0951. The number of amides is 1. The highest BCUT2D eigenvalue weighted by Gasteiger charge is 2.21. The van der Waals surface area contributed by atoms with Crippen LogP contribution >= 0.6 is 23.2 Å². The van der Waals surface area contributed by atoms with Gasteiger partial charge in [0, 0.05) is 44.1 Å². The van der Waals surface area contributed by atoms with Gasteiger partial charge in [0.2, 0.25) is 0 Å². The predicted octanol–water partition coefficient (Wildman–Crippen LogP) is 6.59. The summed E-state index contributed by atoms with van der Waals surface area (Å²) in [5, 5.41) is 4.34. The van der Waals surface area contributed by atoms with Gasteiger partial charge in [-0.3, -0.25) is 9.69 Å². The lowest BCUT2D eigenvalue weighted by Crippen LogP contribution is -2.47. The van der Waals surface area contributed by atoms with Gasteiger partial charge in [-0.05, 0) is 50.1 Å². The van der Waals surface area contributed by atoms with Crippen LogP contribution in [-0.4, -0.2) is 54.6 Å². The largest absolute Gasteiger partial charge is 0.368 e. The first-order valence-electron chi connectivity index (χ1n) is 12.6. The van der Waals surface area contributed by atoms with Crippen LogP contribution in [0.4, 0.5) is 5.69 Å². The second kappa shape index (κ2) is 12.0. The van der Waals surface area contributed by atoms with Crippen molar-refractivity contribution in [3.05, 3.63) is 82.5 Å². The number of nitrogens with zero attached hydrogens (tertiary/aromatic N) is 3. The summed E-state index contributed by atoms with van der Waals surface area (Å²) < 4.78 is 2.11. The van der Waals surface area contributed by atoms with E-state index in [0.29, 0.717) is 22.2 Å². The number of piperazine rings is 1. The van der Waals surface area contributed by atoms with Crippen molar-refractivity contribution in [2.24, 2.45) is 0 Å². The molecular weight excluding hydrogens is 491 g/mol. The summed E-state index contributed by atoms with van der Waals surface area (Å²) in [6.07, 6.45) is 1.71. The molecule has 4 rings (SSSR count). The number of benzene rings is 2. The first-order valence-corrected chi connectivity index (χ1v) is 13.3. The number of rotatable bonds is 9. The third kappa shape index (κ3) is 5.80. The van der Waals surface area contributed by atoms with Crippen molar-refractivity contribution < 1.29 is 4.79 Å². The normalized spacial score (nSPS) is 14.2. The van der Waals surface area contributed by atoms with Crippen molar-refractivity contribution in [3.63, 3.8) is 0 Å². The summed E-state index contributed by atoms with van der Waals surface area (Å²) in [7, 11) is 0. The molecule has 36 heavy (non-hydrogen) atoms. The van der Waals surface area contributed by atoms with Crippen LogP contribution in [0, 0.1) is 6.92 Å². The molecule has 0 bridgehead atoms. The maximum atomic E-state index is 13.1. The second-order valence-electron chi connectivity index (χ2n) is 9.16. The third-order valence-electron chi connectivity index (χ3n) is 6.87. The van der Waals surface area contributed by atoms with Gasteiger partial charge in [-0.1, -0.05) is 73.1 Å². The van der Waals surface area contributed by atoms with Crippen LogP contribution in [0.1, 0.15) is 35.8 Å². The van der Waals surface area contributed by atoms with Crippen LogP contribution in [0.5, 0.6) is 0 Å². The molecule has 2 aromatic carbocycles. The monoisotopic (exact) mass is 524 g/mol. The minimum Gasteiger partial charge on any atom is -0.368 e. The summed E-state index contributed by atoms with van der Waals surface area (Å²) in [6.45, 7) is 13.6.